The number of aryl methyl sites for hydroxylation is 1. The standard InChI is InChI=1S/C9H14N2O2S/c1-7-3-4-14-8(7)5-13-6-9(12)11-10-2/h3-4,10H,5-6H2,1-2H3,(H,11,12). The van der Waals surface area contributed by atoms with Gasteiger partial charge in [0.25, 0.3) is 5.91 Å². The molecule has 0 radical (unpaired) electrons. The fourth-order valence-corrected chi connectivity index (χ4v) is 1.81. The lowest BCUT2D eigenvalue weighted by Gasteiger charge is -2.04. The van der Waals surface area contributed by atoms with Gasteiger partial charge in [-0.15, -0.1) is 11.3 Å². The predicted molar refractivity (Wildman–Crippen MR) is 55.9 cm³/mol. The Morgan fingerprint density at radius 1 is 1.64 bits per heavy atom. The Balaban J connectivity index is 2.22. The zero-order valence-corrected chi connectivity index (χ0v) is 9.11. The van der Waals surface area contributed by atoms with Crippen molar-refractivity contribution < 1.29 is 9.53 Å². The highest BCUT2D eigenvalue weighted by atomic mass is 32.1. The summed E-state index contributed by atoms with van der Waals surface area (Å²) in [4.78, 5) is 12.1. The number of hydrogen-bond acceptors (Lipinski definition) is 4. The number of carbonyl (C=O) groups excluding carboxylic acids is 1. The molecular formula is C9H14N2O2S. The Morgan fingerprint density at radius 2 is 2.43 bits per heavy atom. The van der Waals surface area contributed by atoms with E-state index in [1.54, 1.807) is 18.4 Å². The van der Waals surface area contributed by atoms with E-state index < -0.39 is 0 Å². The molecule has 0 saturated carbocycles. The van der Waals surface area contributed by atoms with Crippen molar-refractivity contribution in [3.05, 3.63) is 21.9 Å². The number of nitrogens with one attached hydrogen (secondary N) is 2. The van der Waals surface area contributed by atoms with Crippen LogP contribution in [0.3, 0.4) is 0 Å². The Morgan fingerprint density at radius 3 is 3.00 bits per heavy atom. The van der Waals surface area contributed by atoms with Crippen LogP contribution in [0.4, 0.5) is 0 Å². The number of thiophene rings is 1. The van der Waals surface area contributed by atoms with Gasteiger partial charge in [0.15, 0.2) is 0 Å². The van der Waals surface area contributed by atoms with E-state index in [1.807, 2.05) is 18.4 Å². The number of ether oxygens (including phenoxy) is 1. The third kappa shape index (κ3) is 3.45. The molecule has 0 spiro atoms. The van der Waals surface area contributed by atoms with Crippen molar-refractivity contribution in [2.24, 2.45) is 0 Å². The third-order valence-corrected chi connectivity index (χ3v) is 2.70. The summed E-state index contributed by atoms with van der Waals surface area (Å²) in [6.45, 7) is 2.61. The molecule has 1 amide bonds. The minimum Gasteiger partial charge on any atom is -0.366 e. The summed E-state index contributed by atoms with van der Waals surface area (Å²) in [5.74, 6) is -0.165. The zero-order valence-electron chi connectivity index (χ0n) is 8.29. The van der Waals surface area contributed by atoms with Crippen LogP contribution >= 0.6 is 11.3 Å². The van der Waals surface area contributed by atoms with Gasteiger partial charge in [-0.05, 0) is 23.9 Å². The van der Waals surface area contributed by atoms with Crippen molar-refractivity contribution in [1.82, 2.24) is 10.9 Å². The maximum Gasteiger partial charge on any atom is 0.260 e. The average molecular weight is 214 g/mol. The lowest BCUT2D eigenvalue weighted by molar-refractivity contribution is -0.126. The molecule has 1 heterocycles. The minimum atomic E-state index is -0.165. The average Bonchev–Trinajstić information content (AvgIpc) is 2.52. The van der Waals surface area contributed by atoms with Crippen LogP contribution in [0.1, 0.15) is 10.4 Å². The van der Waals surface area contributed by atoms with Gasteiger partial charge in [0.2, 0.25) is 0 Å². The number of hydrogen-bond donors (Lipinski definition) is 2. The minimum absolute atomic E-state index is 0.0815. The molecule has 0 fully saturated rings. The Bertz CT molecular complexity index is 299. The number of amides is 1. The quantitative estimate of drug-likeness (QED) is 0.714. The van der Waals surface area contributed by atoms with Gasteiger partial charge in [0.1, 0.15) is 6.61 Å². The molecule has 0 saturated heterocycles. The fraction of sp³-hybridized carbons (Fsp3) is 0.444. The normalized spacial score (nSPS) is 10.1. The van der Waals surface area contributed by atoms with Crippen LogP contribution in [0.25, 0.3) is 0 Å². The summed E-state index contributed by atoms with van der Waals surface area (Å²) in [6.07, 6.45) is 0. The second-order valence-corrected chi connectivity index (χ2v) is 3.82. The van der Waals surface area contributed by atoms with Crippen molar-refractivity contribution in [2.45, 2.75) is 13.5 Å². The number of rotatable bonds is 5. The summed E-state index contributed by atoms with van der Waals surface area (Å²) in [5, 5.41) is 2.02. The first-order chi connectivity index (χ1) is 6.74. The van der Waals surface area contributed by atoms with Gasteiger partial charge in [-0.1, -0.05) is 0 Å². The SMILES string of the molecule is CNNC(=O)COCc1sccc1C. The van der Waals surface area contributed by atoms with Gasteiger partial charge in [-0.2, -0.15) is 0 Å². The van der Waals surface area contributed by atoms with Crippen molar-refractivity contribution in [3.8, 4) is 0 Å². The van der Waals surface area contributed by atoms with E-state index in [1.165, 1.54) is 10.4 Å². The van der Waals surface area contributed by atoms with Crippen molar-refractivity contribution in [1.29, 1.82) is 0 Å². The molecule has 0 aliphatic heterocycles. The summed E-state index contributed by atoms with van der Waals surface area (Å²) in [6, 6.07) is 2.04. The summed E-state index contributed by atoms with van der Waals surface area (Å²) in [5.41, 5.74) is 6.19. The highest BCUT2D eigenvalue weighted by Crippen LogP contribution is 2.15. The lowest BCUT2D eigenvalue weighted by atomic mass is 10.3. The first kappa shape index (κ1) is 11.2. The van der Waals surface area contributed by atoms with Gasteiger partial charge in [-0.25, -0.2) is 5.43 Å². The number of carbonyl (C=O) groups is 1. The monoisotopic (exact) mass is 214 g/mol. The highest BCUT2D eigenvalue weighted by molar-refractivity contribution is 7.10. The molecule has 1 aromatic heterocycles. The topological polar surface area (TPSA) is 50.4 Å². The smallest absolute Gasteiger partial charge is 0.260 e. The second-order valence-electron chi connectivity index (χ2n) is 2.82. The Labute approximate surface area is 87.2 Å². The molecule has 2 N–H and O–H groups in total. The van der Waals surface area contributed by atoms with Crippen LogP contribution in [0.5, 0.6) is 0 Å². The number of hydrazine groups is 1. The molecule has 0 atom stereocenters. The van der Waals surface area contributed by atoms with E-state index in [0.29, 0.717) is 6.61 Å². The van der Waals surface area contributed by atoms with Gasteiger partial charge >= 0.3 is 0 Å². The van der Waals surface area contributed by atoms with Crippen molar-refractivity contribution in [2.75, 3.05) is 13.7 Å². The van der Waals surface area contributed by atoms with Gasteiger partial charge in [-0.3, -0.25) is 10.2 Å². The first-order valence-corrected chi connectivity index (χ1v) is 5.18. The predicted octanol–water partition coefficient (Wildman–Crippen LogP) is 0.824. The van der Waals surface area contributed by atoms with E-state index in [0.717, 1.165) is 0 Å². The molecule has 5 heteroatoms. The maximum absolute atomic E-state index is 11.0. The Kier molecular flexibility index (Phi) is 4.58. The van der Waals surface area contributed by atoms with E-state index >= 15 is 0 Å². The van der Waals surface area contributed by atoms with Gasteiger partial charge in [0.05, 0.1) is 6.61 Å². The van der Waals surface area contributed by atoms with Crippen molar-refractivity contribution in [3.63, 3.8) is 0 Å². The molecule has 14 heavy (non-hydrogen) atoms. The van der Waals surface area contributed by atoms with Crippen LogP contribution in [0.15, 0.2) is 11.4 Å². The second kappa shape index (κ2) is 5.74. The van der Waals surface area contributed by atoms with Crippen LogP contribution in [-0.2, 0) is 16.1 Å². The molecule has 78 valence electrons. The van der Waals surface area contributed by atoms with Crippen LogP contribution in [-0.4, -0.2) is 19.6 Å². The van der Waals surface area contributed by atoms with E-state index in [9.17, 15) is 4.79 Å². The molecule has 0 aliphatic rings. The van der Waals surface area contributed by atoms with E-state index in [4.69, 9.17) is 4.74 Å². The summed E-state index contributed by atoms with van der Waals surface area (Å²) >= 11 is 1.64. The molecule has 0 aliphatic carbocycles. The summed E-state index contributed by atoms with van der Waals surface area (Å²) in [7, 11) is 1.64. The molecule has 0 unspecified atom stereocenters. The van der Waals surface area contributed by atoms with E-state index in [2.05, 4.69) is 10.9 Å². The molecule has 4 nitrogen and oxygen atoms in total. The largest absolute Gasteiger partial charge is 0.366 e. The van der Waals surface area contributed by atoms with Gasteiger partial charge in [0, 0.05) is 11.9 Å². The maximum atomic E-state index is 11.0. The first-order valence-electron chi connectivity index (χ1n) is 4.30. The van der Waals surface area contributed by atoms with Crippen LogP contribution in [0, 0.1) is 6.92 Å². The zero-order chi connectivity index (χ0) is 10.4. The van der Waals surface area contributed by atoms with Crippen LogP contribution in [0.2, 0.25) is 0 Å². The Hall–Kier alpha value is -0.910. The van der Waals surface area contributed by atoms with Crippen LogP contribution < -0.4 is 10.9 Å². The molecule has 0 aromatic carbocycles. The van der Waals surface area contributed by atoms with E-state index in [-0.39, 0.29) is 12.5 Å². The molecule has 1 rings (SSSR count). The van der Waals surface area contributed by atoms with Crippen molar-refractivity contribution >= 4 is 17.2 Å². The molecule has 0 bridgehead atoms. The third-order valence-electron chi connectivity index (χ3n) is 1.70. The summed E-state index contributed by atoms with van der Waals surface area (Å²) < 4.78 is 5.23. The lowest BCUT2D eigenvalue weighted by Crippen LogP contribution is -2.36. The fourth-order valence-electron chi connectivity index (χ4n) is 0.964. The van der Waals surface area contributed by atoms with Gasteiger partial charge < -0.3 is 4.74 Å². The molecule has 1 aromatic rings. The molecular weight excluding hydrogens is 200 g/mol. The highest BCUT2D eigenvalue weighted by Gasteiger charge is 2.02.